The molecule has 0 aromatic heterocycles. The van der Waals surface area contributed by atoms with E-state index in [0.717, 1.165) is 11.1 Å². The van der Waals surface area contributed by atoms with Crippen molar-refractivity contribution in [2.45, 2.75) is 0 Å². The van der Waals surface area contributed by atoms with Crippen LogP contribution in [-0.4, -0.2) is 16.9 Å². The highest BCUT2D eigenvalue weighted by Crippen LogP contribution is 2.19. The second-order valence-electron chi connectivity index (χ2n) is 5.78. The number of urea groups is 1. The molecule has 0 unspecified atom stereocenters. The van der Waals surface area contributed by atoms with Crippen LogP contribution < -0.4 is 16.2 Å². The first kappa shape index (κ1) is 18.6. The second kappa shape index (κ2) is 8.45. The van der Waals surface area contributed by atoms with Crippen LogP contribution in [0.4, 0.5) is 16.2 Å². The Morgan fingerprint density at radius 3 is 2.14 bits per heavy atom. The van der Waals surface area contributed by atoms with Gasteiger partial charge in [0.05, 0.1) is 4.92 Å². The van der Waals surface area contributed by atoms with Gasteiger partial charge in [-0.1, -0.05) is 48.5 Å². The van der Waals surface area contributed by atoms with E-state index in [4.69, 9.17) is 0 Å². The fourth-order valence-electron chi connectivity index (χ4n) is 2.49. The third-order valence-corrected chi connectivity index (χ3v) is 3.86. The summed E-state index contributed by atoms with van der Waals surface area (Å²) in [6.07, 6.45) is 0. The molecule has 0 bridgehead atoms. The van der Waals surface area contributed by atoms with Crippen molar-refractivity contribution in [2.24, 2.45) is 0 Å². The van der Waals surface area contributed by atoms with E-state index in [9.17, 15) is 19.7 Å². The van der Waals surface area contributed by atoms with Gasteiger partial charge in [0.1, 0.15) is 0 Å². The Labute approximate surface area is 160 Å². The summed E-state index contributed by atoms with van der Waals surface area (Å²) >= 11 is 0. The Bertz CT molecular complexity index is 1000. The van der Waals surface area contributed by atoms with Gasteiger partial charge < -0.3 is 5.32 Å². The molecule has 3 aromatic rings. The molecule has 0 heterocycles. The molecule has 3 rings (SSSR count). The number of nitro benzene ring substituents is 1. The van der Waals surface area contributed by atoms with E-state index in [2.05, 4.69) is 16.2 Å². The molecule has 3 N–H and O–H groups in total. The van der Waals surface area contributed by atoms with Crippen molar-refractivity contribution >= 4 is 23.3 Å². The molecule has 3 aromatic carbocycles. The Morgan fingerprint density at radius 1 is 0.786 bits per heavy atom. The lowest BCUT2D eigenvalue weighted by Gasteiger charge is -2.09. The summed E-state index contributed by atoms with van der Waals surface area (Å²) in [4.78, 5) is 34.2. The second-order valence-corrected chi connectivity index (χ2v) is 5.78. The van der Waals surface area contributed by atoms with Crippen molar-refractivity contribution in [2.75, 3.05) is 5.32 Å². The number of nitro groups is 1. The summed E-state index contributed by atoms with van der Waals surface area (Å²) in [5.74, 6) is -0.492. The Hall–Kier alpha value is -4.20. The maximum absolute atomic E-state index is 12.1. The molecule has 0 aliphatic heterocycles. The number of anilines is 1. The number of carbonyl (C=O) groups excluding carboxylic acids is 2. The third-order valence-electron chi connectivity index (χ3n) is 3.86. The third kappa shape index (κ3) is 4.70. The number of hydrazine groups is 1. The van der Waals surface area contributed by atoms with Gasteiger partial charge in [0.15, 0.2) is 0 Å². The number of amides is 3. The minimum atomic E-state index is -0.727. The van der Waals surface area contributed by atoms with Gasteiger partial charge in [-0.2, -0.15) is 0 Å². The summed E-state index contributed by atoms with van der Waals surface area (Å²) < 4.78 is 0. The van der Waals surface area contributed by atoms with Crippen molar-refractivity contribution in [3.05, 3.63) is 94.5 Å². The predicted molar refractivity (Wildman–Crippen MR) is 105 cm³/mol. The number of non-ortho nitro benzene ring substituents is 1. The Balaban J connectivity index is 1.55. The molecule has 0 spiro atoms. The average molecular weight is 376 g/mol. The molecule has 0 saturated heterocycles. The van der Waals surface area contributed by atoms with Gasteiger partial charge in [-0.25, -0.2) is 10.2 Å². The van der Waals surface area contributed by atoms with Gasteiger partial charge in [-0.15, -0.1) is 0 Å². The van der Waals surface area contributed by atoms with E-state index in [1.165, 1.54) is 24.3 Å². The molecule has 0 radical (unpaired) electrons. The highest BCUT2D eigenvalue weighted by atomic mass is 16.6. The molecule has 3 amide bonds. The zero-order valence-corrected chi connectivity index (χ0v) is 14.6. The molecule has 0 saturated carbocycles. The monoisotopic (exact) mass is 376 g/mol. The van der Waals surface area contributed by atoms with Crippen LogP contribution in [0.25, 0.3) is 11.1 Å². The van der Waals surface area contributed by atoms with E-state index in [1.807, 2.05) is 42.5 Å². The quantitative estimate of drug-likeness (QED) is 0.475. The minimum absolute atomic E-state index is 0.152. The highest BCUT2D eigenvalue weighted by Gasteiger charge is 2.10. The van der Waals surface area contributed by atoms with Crippen LogP contribution >= 0.6 is 0 Å². The SMILES string of the molecule is O=C(NNC(=O)c1ccc(-c2ccccc2)cc1)Nc1cccc([N+](=O)[O-])c1. The first-order valence-corrected chi connectivity index (χ1v) is 8.30. The van der Waals surface area contributed by atoms with Crippen LogP contribution in [0, 0.1) is 10.1 Å². The number of nitrogens with one attached hydrogen (secondary N) is 3. The first-order valence-electron chi connectivity index (χ1n) is 8.30. The number of rotatable bonds is 4. The predicted octanol–water partition coefficient (Wildman–Crippen LogP) is 3.73. The van der Waals surface area contributed by atoms with Gasteiger partial charge in [0.2, 0.25) is 0 Å². The van der Waals surface area contributed by atoms with E-state index in [0.29, 0.717) is 5.56 Å². The van der Waals surface area contributed by atoms with Crippen LogP contribution in [0.5, 0.6) is 0 Å². The molecule has 8 nitrogen and oxygen atoms in total. The Morgan fingerprint density at radius 2 is 1.46 bits per heavy atom. The van der Waals surface area contributed by atoms with Crippen molar-refractivity contribution in [1.29, 1.82) is 0 Å². The number of benzene rings is 3. The molecule has 28 heavy (non-hydrogen) atoms. The van der Waals surface area contributed by atoms with Crippen molar-refractivity contribution in [1.82, 2.24) is 10.9 Å². The first-order chi connectivity index (χ1) is 13.5. The number of hydrogen-bond acceptors (Lipinski definition) is 4. The topological polar surface area (TPSA) is 113 Å². The lowest BCUT2D eigenvalue weighted by atomic mass is 10.0. The fraction of sp³-hybridized carbons (Fsp3) is 0. The maximum atomic E-state index is 12.1. The average Bonchev–Trinajstić information content (AvgIpc) is 2.73. The van der Waals surface area contributed by atoms with Gasteiger partial charge in [0, 0.05) is 23.4 Å². The molecule has 8 heteroatoms. The molecule has 0 fully saturated rings. The summed E-state index contributed by atoms with van der Waals surface area (Å²) in [5.41, 5.74) is 6.93. The van der Waals surface area contributed by atoms with E-state index in [-0.39, 0.29) is 11.4 Å². The molecule has 0 aliphatic rings. The van der Waals surface area contributed by atoms with Crippen LogP contribution in [-0.2, 0) is 0 Å². The maximum Gasteiger partial charge on any atom is 0.337 e. The fourth-order valence-corrected chi connectivity index (χ4v) is 2.49. The lowest BCUT2D eigenvalue weighted by molar-refractivity contribution is -0.384. The molecular weight excluding hydrogens is 360 g/mol. The van der Waals surface area contributed by atoms with Gasteiger partial charge in [0.25, 0.3) is 11.6 Å². The molecule has 0 atom stereocenters. The van der Waals surface area contributed by atoms with Gasteiger partial charge in [-0.3, -0.25) is 20.3 Å². The zero-order valence-electron chi connectivity index (χ0n) is 14.6. The Kier molecular flexibility index (Phi) is 5.61. The van der Waals surface area contributed by atoms with Crippen LogP contribution in [0.1, 0.15) is 10.4 Å². The minimum Gasteiger partial charge on any atom is -0.306 e. The van der Waals surface area contributed by atoms with Crippen molar-refractivity contribution < 1.29 is 14.5 Å². The number of nitrogens with zero attached hydrogens (tertiary/aromatic N) is 1. The standard InChI is InChI=1S/C20H16N4O4/c25-19(16-11-9-15(10-12-16)14-5-2-1-3-6-14)22-23-20(26)21-17-7-4-8-18(13-17)24(27)28/h1-13H,(H,22,25)(H2,21,23,26). The van der Waals surface area contributed by atoms with E-state index >= 15 is 0 Å². The van der Waals surface area contributed by atoms with E-state index in [1.54, 1.807) is 12.1 Å². The van der Waals surface area contributed by atoms with Crippen molar-refractivity contribution in [3.8, 4) is 11.1 Å². The number of carbonyl (C=O) groups is 2. The van der Waals surface area contributed by atoms with Crippen LogP contribution in [0.3, 0.4) is 0 Å². The normalized spacial score (nSPS) is 10.0. The van der Waals surface area contributed by atoms with Crippen molar-refractivity contribution in [3.63, 3.8) is 0 Å². The van der Waals surface area contributed by atoms with Gasteiger partial charge >= 0.3 is 6.03 Å². The van der Waals surface area contributed by atoms with Gasteiger partial charge in [-0.05, 0) is 29.3 Å². The van der Waals surface area contributed by atoms with Crippen LogP contribution in [0.2, 0.25) is 0 Å². The summed E-state index contributed by atoms with van der Waals surface area (Å²) in [6.45, 7) is 0. The smallest absolute Gasteiger partial charge is 0.306 e. The molecule has 0 aliphatic carbocycles. The summed E-state index contributed by atoms with van der Waals surface area (Å²) in [7, 11) is 0. The van der Waals surface area contributed by atoms with Crippen LogP contribution in [0.15, 0.2) is 78.9 Å². The number of hydrogen-bond donors (Lipinski definition) is 3. The van der Waals surface area contributed by atoms with E-state index < -0.39 is 16.9 Å². The zero-order chi connectivity index (χ0) is 19.9. The largest absolute Gasteiger partial charge is 0.337 e. The highest BCUT2D eigenvalue weighted by molar-refractivity contribution is 5.97. The molecule has 140 valence electrons. The molecular formula is C20H16N4O4. The summed E-state index contributed by atoms with van der Waals surface area (Å²) in [6, 6.07) is 21.4. The summed E-state index contributed by atoms with van der Waals surface area (Å²) in [5, 5.41) is 13.2. The lowest BCUT2D eigenvalue weighted by Crippen LogP contribution is -2.43.